The van der Waals surface area contributed by atoms with Crippen LogP contribution < -0.4 is 10.5 Å². The van der Waals surface area contributed by atoms with Crippen molar-refractivity contribution in [3.8, 4) is 5.75 Å². The van der Waals surface area contributed by atoms with Gasteiger partial charge in [0.05, 0.1) is 11.6 Å². The second kappa shape index (κ2) is 6.07. The molecule has 0 saturated heterocycles. The van der Waals surface area contributed by atoms with Crippen LogP contribution in [0.5, 0.6) is 5.75 Å². The Bertz CT molecular complexity index is 475. The summed E-state index contributed by atoms with van der Waals surface area (Å²) in [5, 5.41) is 0. The first kappa shape index (κ1) is 15.8. The summed E-state index contributed by atoms with van der Waals surface area (Å²) in [4.78, 5) is 0. The molecule has 0 bridgehead atoms. The first-order valence-electron chi connectivity index (χ1n) is 7.52. The number of hydrogen-bond acceptors (Lipinski definition) is 2. The van der Waals surface area contributed by atoms with E-state index >= 15 is 0 Å². The van der Waals surface area contributed by atoms with Gasteiger partial charge in [0.25, 0.3) is 0 Å². The molecule has 112 valence electrons. The van der Waals surface area contributed by atoms with Crippen LogP contribution in [0, 0.1) is 20.8 Å². The molecule has 0 amide bonds. The van der Waals surface area contributed by atoms with Gasteiger partial charge in [0.15, 0.2) is 0 Å². The number of halogens is 1. The summed E-state index contributed by atoms with van der Waals surface area (Å²) in [6, 6.07) is 0. The topological polar surface area (TPSA) is 35.2 Å². The maximum absolute atomic E-state index is 6.23. The van der Waals surface area contributed by atoms with Crippen LogP contribution in [-0.4, -0.2) is 13.7 Å². The summed E-state index contributed by atoms with van der Waals surface area (Å²) in [7, 11) is 1.74. The third-order valence-electron chi connectivity index (χ3n) is 5.12. The minimum absolute atomic E-state index is 0.159. The van der Waals surface area contributed by atoms with Crippen molar-refractivity contribution in [2.75, 3.05) is 13.7 Å². The van der Waals surface area contributed by atoms with Crippen molar-refractivity contribution in [1.82, 2.24) is 0 Å². The average Bonchev–Trinajstić information content (AvgIpc) is 2.47. The zero-order chi connectivity index (χ0) is 14.9. The van der Waals surface area contributed by atoms with Crippen molar-refractivity contribution in [2.24, 2.45) is 5.73 Å². The molecule has 2 nitrogen and oxygen atoms in total. The van der Waals surface area contributed by atoms with Crippen LogP contribution in [-0.2, 0) is 5.41 Å². The standard InChI is InChI=1S/C17H26BrNO/c1-11-12(2)16(20-4)15(18)13(3)14(11)17(10-19)8-6-5-7-9-17/h5-10,19H2,1-4H3. The minimum atomic E-state index is 0.159. The van der Waals surface area contributed by atoms with E-state index in [4.69, 9.17) is 10.5 Å². The quantitative estimate of drug-likeness (QED) is 0.876. The Morgan fingerprint density at radius 3 is 2.15 bits per heavy atom. The molecule has 0 aliphatic heterocycles. The molecule has 1 aromatic carbocycles. The minimum Gasteiger partial charge on any atom is -0.495 e. The lowest BCUT2D eigenvalue weighted by Gasteiger charge is -2.40. The van der Waals surface area contributed by atoms with Gasteiger partial charge in [0.1, 0.15) is 5.75 Å². The third-order valence-corrected chi connectivity index (χ3v) is 6.07. The number of benzene rings is 1. The predicted molar refractivity (Wildman–Crippen MR) is 88.7 cm³/mol. The van der Waals surface area contributed by atoms with E-state index in [1.807, 2.05) is 0 Å². The van der Waals surface area contributed by atoms with Gasteiger partial charge in [-0.3, -0.25) is 0 Å². The Hall–Kier alpha value is -0.540. The van der Waals surface area contributed by atoms with Gasteiger partial charge >= 0.3 is 0 Å². The number of ether oxygens (including phenoxy) is 1. The highest BCUT2D eigenvalue weighted by Gasteiger charge is 2.36. The maximum Gasteiger partial charge on any atom is 0.136 e. The van der Waals surface area contributed by atoms with Crippen LogP contribution in [0.2, 0.25) is 0 Å². The van der Waals surface area contributed by atoms with Gasteiger partial charge in [-0.15, -0.1) is 0 Å². The summed E-state index contributed by atoms with van der Waals surface area (Å²) in [6.45, 7) is 7.31. The Kier molecular flexibility index (Phi) is 4.80. The van der Waals surface area contributed by atoms with E-state index in [-0.39, 0.29) is 5.41 Å². The van der Waals surface area contributed by atoms with E-state index < -0.39 is 0 Å². The Balaban J connectivity index is 2.67. The van der Waals surface area contributed by atoms with E-state index in [2.05, 4.69) is 36.7 Å². The molecule has 0 radical (unpaired) electrons. The van der Waals surface area contributed by atoms with Gasteiger partial charge in [0, 0.05) is 12.0 Å². The Morgan fingerprint density at radius 1 is 1.05 bits per heavy atom. The molecular formula is C17H26BrNO. The molecule has 0 atom stereocenters. The smallest absolute Gasteiger partial charge is 0.136 e. The average molecular weight is 340 g/mol. The lowest BCUT2D eigenvalue weighted by Crippen LogP contribution is -2.38. The van der Waals surface area contributed by atoms with Gasteiger partial charge < -0.3 is 10.5 Å². The molecule has 0 aromatic heterocycles. The zero-order valence-electron chi connectivity index (χ0n) is 13.1. The number of rotatable bonds is 3. The summed E-state index contributed by atoms with van der Waals surface area (Å²) in [5.74, 6) is 0.965. The van der Waals surface area contributed by atoms with E-state index in [1.165, 1.54) is 54.4 Å². The fraction of sp³-hybridized carbons (Fsp3) is 0.647. The van der Waals surface area contributed by atoms with Crippen molar-refractivity contribution in [3.63, 3.8) is 0 Å². The Labute approximate surface area is 131 Å². The van der Waals surface area contributed by atoms with Gasteiger partial charge in [-0.25, -0.2) is 0 Å². The molecule has 1 aliphatic carbocycles. The third kappa shape index (κ3) is 2.39. The van der Waals surface area contributed by atoms with Gasteiger partial charge in [-0.05, 0) is 71.8 Å². The predicted octanol–water partition coefficient (Wildman–Crippen LogP) is 4.54. The molecule has 1 aliphatic rings. The SMILES string of the molecule is COc1c(C)c(C)c(C2(CN)CCCCC2)c(C)c1Br. The van der Waals surface area contributed by atoms with Crippen molar-refractivity contribution in [1.29, 1.82) is 0 Å². The van der Waals surface area contributed by atoms with Crippen molar-refractivity contribution in [3.05, 3.63) is 26.7 Å². The van der Waals surface area contributed by atoms with E-state index in [0.29, 0.717) is 0 Å². The largest absolute Gasteiger partial charge is 0.495 e. The van der Waals surface area contributed by atoms with Crippen LogP contribution in [0.3, 0.4) is 0 Å². The van der Waals surface area contributed by atoms with Crippen LogP contribution >= 0.6 is 15.9 Å². The normalized spacial score (nSPS) is 18.1. The summed E-state index contributed by atoms with van der Waals surface area (Å²) >= 11 is 3.73. The van der Waals surface area contributed by atoms with E-state index in [0.717, 1.165) is 16.8 Å². The molecule has 0 heterocycles. The summed E-state index contributed by atoms with van der Waals surface area (Å²) in [6.07, 6.45) is 6.35. The fourth-order valence-electron chi connectivity index (χ4n) is 3.91. The second-order valence-electron chi connectivity index (χ2n) is 6.14. The molecule has 0 unspecified atom stereocenters. The van der Waals surface area contributed by atoms with Crippen molar-refractivity contribution in [2.45, 2.75) is 58.3 Å². The highest BCUT2D eigenvalue weighted by molar-refractivity contribution is 9.10. The van der Waals surface area contributed by atoms with Crippen LogP contribution in [0.25, 0.3) is 0 Å². The van der Waals surface area contributed by atoms with Gasteiger partial charge in [-0.2, -0.15) is 0 Å². The van der Waals surface area contributed by atoms with Crippen molar-refractivity contribution < 1.29 is 4.74 Å². The van der Waals surface area contributed by atoms with Crippen LogP contribution in [0.4, 0.5) is 0 Å². The molecule has 2 rings (SSSR count). The lowest BCUT2D eigenvalue weighted by molar-refractivity contribution is 0.297. The number of methoxy groups -OCH3 is 1. The van der Waals surface area contributed by atoms with E-state index in [9.17, 15) is 0 Å². The van der Waals surface area contributed by atoms with Gasteiger partial charge in [-0.1, -0.05) is 19.3 Å². The molecule has 20 heavy (non-hydrogen) atoms. The van der Waals surface area contributed by atoms with Crippen molar-refractivity contribution >= 4 is 15.9 Å². The molecular weight excluding hydrogens is 314 g/mol. The molecule has 0 spiro atoms. The number of hydrogen-bond donors (Lipinski definition) is 1. The summed E-state index contributed by atoms with van der Waals surface area (Å²) < 4.78 is 6.66. The summed E-state index contributed by atoms with van der Waals surface area (Å²) in [5.41, 5.74) is 11.7. The highest BCUT2D eigenvalue weighted by Crippen LogP contribution is 2.46. The van der Waals surface area contributed by atoms with Crippen LogP contribution in [0.1, 0.15) is 54.4 Å². The first-order chi connectivity index (χ1) is 9.48. The molecule has 1 fully saturated rings. The fourth-order valence-corrected chi connectivity index (χ4v) is 4.56. The molecule has 2 N–H and O–H groups in total. The van der Waals surface area contributed by atoms with E-state index in [1.54, 1.807) is 7.11 Å². The zero-order valence-corrected chi connectivity index (χ0v) is 14.7. The molecule has 3 heteroatoms. The monoisotopic (exact) mass is 339 g/mol. The number of nitrogens with two attached hydrogens (primary N) is 1. The molecule has 1 saturated carbocycles. The maximum atomic E-state index is 6.23. The van der Waals surface area contributed by atoms with Gasteiger partial charge in [0.2, 0.25) is 0 Å². The first-order valence-corrected chi connectivity index (χ1v) is 8.31. The Morgan fingerprint density at radius 2 is 1.65 bits per heavy atom. The molecule has 1 aromatic rings. The van der Waals surface area contributed by atoms with Crippen LogP contribution in [0.15, 0.2) is 4.47 Å². The lowest BCUT2D eigenvalue weighted by atomic mass is 9.66. The highest BCUT2D eigenvalue weighted by atomic mass is 79.9. The second-order valence-corrected chi connectivity index (χ2v) is 6.94.